The quantitative estimate of drug-likeness (QED) is 0.757. The van der Waals surface area contributed by atoms with Gasteiger partial charge in [0.15, 0.2) is 0 Å². The van der Waals surface area contributed by atoms with E-state index < -0.39 is 0 Å². The van der Waals surface area contributed by atoms with Crippen LogP contribution in [0.3, 0.4) is 0 Å². The lowest BCUT2D eigenvalue weighted by molar-refractivity contribution is 0.0786. The first-order valence-corrected chi connectivity index (χ1v) is 4.87. The minimum atomic E-state index is -0.280. The molecule has 2 nitrogen and oxygen atoms in total. The van der Waals surface area contributed by atoms with Crippen molar-refractivity contribution in [2.45, 2.75) is 31.9 Å². The molecule has 3 heteroatoms. The van der Waals surface area contributed by atoms with Crippen LogP contribution in [0.25, 0.3) is 0 Å². The van der Waals surface area contributed by atoms with E-state index in [1.807, 2.05) is 6.92 Å². The minimum Gasteiger partial charge on any atom is -0.391 e. The Hall–Kier alpha value is -1.09. The zero-order valence-corrected chi connectivity index (χ0v) is 8.13. The molecule has 76 valence electrons. The Morgan fingerprint density at radius 3 is 2.79 bits per heavy atom. The van der Waals surface area contributed by atoms with E-state index in [2.05, 4.69) is 5.32 Å². The lowest BCUT2D eigenvalue weighted by atomic mass is 9.89. The molecular weight excluding hydrogens is 181 g/mol. The number of hydrogen-bond acceptors (Lipinski definition) is 2. The number of rotatable bonds is 2. The number of benzene rings is 1. The molecule has 1 aromatic carbocycles. The highest BCUT2D eigenvalue weighted by atomic mass is 19.1. The predicted molar refractivity (Wildman–Crippen MR) is 53.8 cm³/mol. The molecule has 0 radical (unpaired) electrons. The van der Waals surface area contributed by atoms with Gasteiger partial charge in [0.05, 0.1) is 12.1 Å². The van der Waals surface area contributed by atoms with Gasteiger partial charge in [0, 0.05) is 5.69 Å². The molecule has 0 aliphatic heterocycles. The summed E-state index contributed by atoms with van der Waals surface area (Å²) in [7, 11) is 0. The van der Waals surface area contributed by atoms with Gasteiger partial charge in [-0.05, 0) is 37.5 Å². The SMILES string of the molecule is Cc1ccc(F)cc1NC1CCC1O. The first-order chi connectivity index (χ1) is 6.66. The number of hydrogen-bond donors (Lipinski definition) is 2. The Morgan fingerprint density at radius 2 is 2.21 bits per heavy atom. The Labute approximate surface area is 82.8 Å². The molecule has 2 N–H and O–H groups in total. The predicted octanol–water partition coefficient (Wildman–Crippen LogP) is 2.07. The number of aryl methyl sites for hydroxylation is 1. The second-order valence-electron chi connectivity index (χ2n) is 3.85. The summed E-state index contributed by atoms with van der Waals surface area (Å²) in [5.41, 5.74) is 1.79. The van der Waals surface area contributed by atoms with E-state index in [9.17, 15) is 9.50 Å². The van der Waals surface area contributed by atoms with Gasteiger partial charge in [-0.1, -0.05) is 6.07 Å². The van der Waals surface area contributed by atoms with Crippen LogP contribution in [0, 0.1) is 12.7 Å². The van der Waals surface area contributed by atoms with Gasteiger partial charge in [-0.2, -0.15) is 0 Å². The fourth-order valence-electron chi connectivity index (χ4n) is 1.60. The van der Waals surface area contributed by atoms with Gasteiger partial charge in [-0.25, -0.2) is 4.39 Å². The van der Waals surface area contributed by atoms with Gasteiger partial charge >= 0.3 is 0 Å². The summed E-state index contributed by atoms with van der Waals surface area (Å²) >= 11 is 0. The second kappa shape index (κ2) is 3.58. The number of nitrogens with one attached hydrogen (secondary N) is 1. The lowest BCUT2D eigenvalue weighted by Gasteiger charge is -2.34. The Bertz CT molecular complexity index is 340. The monoisotopic (exact) mass is 195 g/mol. The molecule has 1 aliphatic carbocycles. The number of aliphatic hydroxyl groups is 1. The number of halogens is 1. The third-order valence-corrected chi connectivity index (χ3v) is 2.78. The summed E-state index contributed by atoms with van der Waals surface area (Å²) in [4.78, 5) is 0. The van der Waals surface area contributed by atoms with Crippen LogP contribution in [0.4, 0.5) is 10.1 Å². The van der Waals surface area contributed by atoms with Crippen molar-refractivity contribution in [3.05, 3.63) is 29.6 Å². The number of aliphatic hydroxyl groups excluding tert-OH is 1. The van der Waals surface area contributed by atoms with Crippen LogP contribution in [-0.2, 0) is 0 Å². The van der Waals surface area contributed by atoms with E-state index in [0.29, 0.717) is 0 Å². The van der Waals surface area contributed by atoms with Crippen LogP contribution in [-0.4, -0.2) is 17.3 Å². The van der Waals surface area contributed by atoms with Crippen molar-refractivity contribution in [1.82, 2.24) is 0 Å². The minimum absolute atomic E-state index is 0.0931. The van der Waals surface area contributed by atoms with Crippen LogP contribution in [0.15, 0.2) is 18.2 Å². The van der Waals surface area contributed by atoms with Gasteiger partial charge < -0.3 is 10.4 Å². The molecule has 0 amide bonds. The fraction of sp³-hybridized carbons (Fsp3) is 0.455. The van der Waals surface area contributed by atoms with Crippen molar-refractivity contribution in [2.24, 2.45) is 0 Å². The van der Waals surface area contributed by atoms with Crippen LogP contribution < -0.4 is 5.32 Å². The van der Waals surface area contributed by atoms with Crippen LogP contribution >= 0.6 is 0 Å². The molecule has 2 unspecified atom stereocenters. The van der Waals surface area contributed by atoms with Crippen molar-refractivity contribution < 1.29 is 9.50 Å². The highest BCUT2D eigenvalue weighted by Crippen LogP contribution is 2.26. The highest BCUT2D eigenvalue weighted by Gasteiger charge is 2.28. The molecule has 2 rings (SSSR count). The number of anilines is 1. The van der Waals surface area contributed by atoms with Crippen LogP contribution in [0.1, 0.15) is 18.4 Å². The molecule has 14 heavy (non-hydrogen) atoms. The highest BCUT2D eigenvalue weighted by molar-refractivity contribution is 5.51. The van der Waals surface area contributed by atoms with Crippen molar-refractivity contribution in [2.75, 3.05) is 5.32 Å². The topological polar surface area (TPSA) is 32.3 Å². The zero-order chi connectivity index (χ0) is 10.1. The standard InChI is InChI=1S/C11H14FNO/c1-7-2-3-8(12)6-10(7)13-9-4-5-11(9)14/h2-3,6,9,11,13-14H,4-5H2,1H3. The Morgan fingerprint density at radius 1 is 1.43 bits per heavy atom. The molecule has 2 atom stereocenters. The summed E-state index contributed by atoms with van der Waals surface area (Å²) < 4.78 is 12.9. The first kappa shape index (κ1) is 9.46. The van der Waals surface area contributed by atoms with E-state index in [-0.39, 0.29) is 18.0 Å². The maximum absolute atomic E-state index is 12.9. The molecule has 0 aromatic heterocycles. The Kier molecular flexibility index (Phi) is 2.42. The van der Waals surface area contributed by atoms with E-state index in [1.165, 1.54) is 12.1 Å². The maximum atomic E-state index is 12.9. The molecule has 0 spiro atoms. The van der Waals surface area contributed by atoms with Crippen molar-refractivity contribution in [3.8, 4) is 0 Å². The molecule has 0 saturated heterocycles. The van der Waals surface area contributed by atoms with Gasteiger partial charge in [0.2, 0.25) is 0 Å². The van der Waals surface area contributed by atoms with Gasteiger partial charge in [0.25, 0.3) is 0 Å². The Balaban J connectivity index is 2.11. The second-order valence-corrected chi connectivity index (χ2v) is 3.85. The van der Waals surface area contributed by atoms with E-state index in [4.69, 9.17) is 0 Å². The molecule has 1 fully saturated rings. The van der Waals surface area contributed by atoms with Gasteiger partial charge in [-0.15, -0.1) is 0 Å². The van der Waals surface area contributed by atoms with Crippen molar-refractivity contribution in [3.63, 3.8) is 0 Å². The molecule has 1 aliphatic rings. The lowest BCUT2D eigenvalue weighted by Crippen LogP contribution is -2.42. The van der Waals surface area contributed by atoms with E-state index in [1.54, 1.807) is 6.07 Å². The third kappa shape index (κ3) is 1.73. The average molecular weight is 195 g/mol. The van der Waals surface area contributed by atoms with Crippen molar-refractivity contribution in [1.29, 1.82) is 0 Å². The fourth-order valence-corrected chi connectivity index (χ4v) is 1.60. The maximum Gasteiger partial charge on any atom is 0.125 e. The van der Waals surface area contributed by atoms with Crippen LogP contribution in [0.5, 0.6) is 0 Å². The van der Waals surface area contributed by atoms with Crippen molar-refractivity contribution >= 4 is 5.69 Å². The summed E-state index contributed by atoms with van der Waals surface area (Å²) in [6.45, 7) is 1.92. The van der Waals surface area contributed by atoms with Crippen LogP contribution in [0.2, 0.25) is 0 Å². The van der Waals surface area contributed by atoms with E-state index in [0.717, 1.165) is 24.1 Å². The zero-order valence-electron chi connectivity index (χ0n) is 8.13. The summed E-state index contributed by atoms with van der Waals surface area (Å²) in [5.74, 6) is -0.244. The normalized spacial score (nSPS) is 25.6. The summed E-state index contributed by atoms with van der Waals surface area (Å²) in [6, 6.07) is 4.75. The summed E-state index contributed by atoms with van der Waals surface area (Å²) in [5, 5.41) is 12.5. The first-order valence-electron chi connectivity index (χ1n) is 4.87. The largest absolute Gasteiger partial charge is 0.391 e. The third-order valence-electron chi connectivity index (χ3n) is 2.78. The molecule has 0 heterocycles. The van der Waals surface area contributed by atoms with Gasteiger partial charge in [-0.3, -0.25) is 0 Å². The molecular formula is C11H14FNO. The van der Waals surface area contributed by atoms with E-state index >= 15 is 0 Å². The summed E-state index contributed by atoms with van der Waals surface area (Å²) in [6.07, 6.45) is 1.51. The molecule has 0 bridgehead atoms. The average Bonchev–Trinajstić information content (AvgIpc) is 2.17. The smallest absolute Gasteiger partial charge is 0.125 e. The molecule has 1 saturated carbocycles. The van der Waals surface area contributed by atoms with Gasteiger partial charge in [0.1, 0.15) is 5.82 Å². The molecule has 1 aromatic rings.